The molecule has 0 fully saturated rings. The van der Waals surface area contributed by atoms with Crippen LogP contribution in [0.4, 0.5) is 5.82 Å². The quantitative estimate of drug-likeness (QED) is 0.851. The molecule has 0 spiro atoms. The standard InChI is InChI=1S/C12H17ClN4/c1-8(2)10(13)7-15-12-11-6-9(3)16-17(11)5-4-14-12/h4-6,8,10H,7H2,1-3H3,(H,14,15). The molecule has 2 heterocycles. The van der Waals surface area contributed by atoms with Gasteiger partial charge in [-0.3, -0.25) is 0 Å². The Balaban J connectivity index is 2.18. The zero-order chi connectivity index (χ0) is 12.4. The van der Waals surface area contributed by atoms with Gasteiger partial charge in [0.25, 0.3) is 0 Å². The number of halogens is 1. The molecule has 2 aromatic heterocycles. The van der Waals surface area contributed by atoms with Crippen molar-refractivity contribution in [2.45, 2.75) is 26.1 Å². The van der Waals surface area contributed by atoms with Crippen LogP contribution in [0.15, 0.2) is 18.5 Å². The molecule has 1 atom stereocenters. The van der Waals surface area contributed by atoms with Gasteiger partial charge in [-0.2, -0.15) is 5.10 Å². The molecule has 0 saturated heterocycles. The highest BCUT2D eigenvalue weighted by Gasteiger charge is 2.11. The highest BCUT2D eigenvalue weighted by molar-refractivity contribution is 6.21. The minimum Gasteiger partial charge on any atom is -0.367 e. The van der Waals surface area contributed by atoms with Gasteiger partial charge in [0, 0.05) is 18.9 Å². The van der Waals surface area contributed by atoms with E-state index in [1.807, 2.05) is 23.7 Å². The second-order valence-corrected chi connectivity index (χ2v) is 5.09. The normalized spacial score (nSPS) is 13.2. The molecule has 5 heteroatoms. The molecule has 0 bridgehead atoms. The molecule has 17 heavy (non-hydrogen) atoms. The first-order valence-corrected chi connectivity index (χ1v) is 6.20. The van der Waals surface area contributed by atoms with E-state index in [4.69, 9.17) is 11.6 Å². The molecular formula is C12H17ClN4. The highest BCUT2D eigenvalue weighted by Crippen LogP contribution is 2.16. The summed E-state index contributed by atoms with van der Waals surface area (Å²) < 4.78 is 1.82. The molecule has 0 amide bonds. The topological polar surface area (TPSA) is 42.2 Å². The lowest BCUT2D eigenvalue weighted by molar-refractivity contribution is 0.615. The Kier molecular flexibility index (Phi) is 3.52. The number of hydrogen-bond acceptors (Lipinski definition) is 3. The summed E-state index contributed by atoms with van der Waals surface area (Å²) in [5, 5.41) is 7.72. The Morgan fingerprint density at radius 3 is 2.94 bits per heavy atom. The van der Waals surface area contributed by atoms with Gasteiger partial charge in [-0.1, -0.05) is 13.8 Å². The van der Waals surface area contributed by atoms with Crippen LogP contribution in [0.2, 0.25) is 0 Å². The summed E-state index contributed by atoms with van der Waals surface area (Å²) in [6, 6.07) is 2.01. The summed E-state index contributed by atoms with van der Waals surface area (Å²) >= 11 is 6.21. The number of rotatable bonds is 4. The maximum atomic E-state index is 6.21. The van der Waals surface area contributed by atoms with Crippen LogP contribution in [-0.4, -0.2) is 26.5 Å². The van der Waals surface area contributed by atoms with Crippen LogP contribution in [0.25, 0.3) is 5.52 Å². The maximum Gasteiger partial charge on any atom is 0.152 e. The number of alkyl halides is 1. The van der Waals surface area contributed by atoms with Gasteiger partial charge in [0.2, 0.25) is 0 Å². The summed E-state index contributed by atoms with van der Waals surface area (Å²) in [5.41, 5.74) is 1.96. The van der Waals surface area contributed by atoms with Crippen molar-refractivity contribution >= 4 is 22.9 Å². The van der Waals surface area contributed by atoms with E-state index in [2.05, 4.69) is 29.2 Å². The molecule has 0 aliphatic heterocycles. The van der Waals surface area contributed by atoms with Crippen molar-refractivity contribution in [3.05, 3.63) is 24.2 Å². The minimum absolute atomic E-state index is 0.0982. The van der Waals surface area contributed by atoms with Gasteiger partial charge in [-0.05, 0) is 18.9 Å². The molecule has 2 aromatic rings. The zero-order valence-corrected chi connectivity index (χ0v) is 11.1. The van der Waals surface area contributed by atoms with Crippen molar-refractivity contribution in [1.82, 2.24) is 14.6 Å². The van der Waals surface area contributed by atoms with Crippen LogP contribution in [-0.2, 0) is 0 Å². The molecule has 1 N–H and O–H groups in total. The van der Waals surface area contributed by atoms with Gasteiger partial charge in [0.1, 0.15) is 5.52 Å². The molecule has 0 aliphatic carbocycles. The van der Waals surface area contributed by atoms with Crippen molar-refractivity contribution in [2.75, 3.05) is 11.9 Å². The first-order chi connectivity index (χ1) is 8.08. The monoisotopic (exact) mass is 252 g/mol. The van der Waals surface area contributed by atoms with E-state index < -0.39 is 0 Å². The number of aromatic nitrogens is 3. The van der Waals surface area contributed by atoms with E-state index in [1.165, 1.54) is 0 Å². The first-order valence-electron chi connectivity index (χ1n) is 5.77. The van der Waals surface area contributed by atoms with Crippen LogP contribution in [0.3, 0.4) is 0 Å². The Hall–Kier alpha value is -1.29. The van der Waals surface area contributed by atoms with Gasteiger partial charge in [0.05, 0.1) is 11.1 Å². The molecule has 0 radical (unpaired) electrons. The predicted octanol–water partition coefficient (Wildman–Crippen LogP) is 2.71. The lowest BCUT2D eigenvalue weighted by Gasteiger charge is -2.14. The Bertz CT molecular complexity index is 506. The number of nitrogens with one attached hydrogen (secondary N) is 1. The number of nitrogens with zero attached hydrogens (tertiary/aromatic N) is 3. The highest BCUT2D eigenvalue weighted by atomic mass is 35.5. The van der Waals surface area contributed by atoms with Gasteiger partial charge in [-0.25, -0.2) is 9.50 Å². The van der Waals surface area contributed by atoms with Crippen LogP contribution >= 0.6 is 11.6 Å². The van der Waals surface area contributed by atoms with Gasteiger partial charge in [-0.15, -0.1) is 11.6 Å². The third kappa shape index (κ3) is 2.69. The Morgan fingerprint density at radius 1 is 1.47 bits per heavy atom. The van der Waals surface area contributed by atoms with Gasteiger partial charge < -0.3 is 5.32 Å². The molecular weight excluding hydrogens is 236 g/mol. The summed E-state index contributed by atoms with van der Waals surface area (Å²) in [7, 11) is 0. The van der Waals surface area contributed by atoms with Gasteiger partial charge >= 0.3 is 0 Å². The lowest BCUT2D eigenvalue weighted by atomic mass is 10.1. The van der Waals surface area contributed by atoms with E-state index in [1.54, 1.807) is 6.20 Å². The molecule has 4 nitrogen and oxygen atoms in total. The fourth-order valence-electron chi connectivity index (χ4n) is 1.61. The summed E-state index contributed by atoms with van der Waals surface area (Å²) in [6.45, 7) is 6.89. The third-order valence-corrected chi connectivity index (χ3v) is 3.36. The number of anilines is 1. The first kappa shape index (κ1) is 12.2. The van der Waals surface area contributed by atoms with E-state index in [0.29, 0.717) is 12.5 Å². The SMILES string of the molecule is Cc1cc2c(NCC(Cl)C(C)C)nccn2n1. The minimum atomic E-state index is 0.0982. The lowest BCUT2D eigenvalue weighted by Crippen LogP contribution is -2.20. The molecule has 0 aliphatic rings. The molecule has 0 aromatic carbocycles. The average Bonchev–Trinajstić information content (AvgIpc) is 2.66. The molecule has 92 valence electrons. The number of aryl methyl sites for hydroxylation is 1. The second kappa shape index (κ2) is 4.92. The fourth-order valence-corrected chi connectivity index (χ4v) is 1.69. The largest absolute Gasteiger partial charge is 0.367 e. The summed E-state index contributed by atoms with van der Waals surface area (Å²) in [6.07, 6.45) is 3.58. The predicted molar refractivity (Wildman–Crippen MR) is 70.7 cm³/mol. The Morgan fingerprint density at radius 2 is 2.24 bits per heavy atom. The smallest absolute Gasteiger partial charge is 0.152 e. The van der Waals surface area contributed by atoms with Crippen LogP contribution in [0.5, 0.6) is 0 Å². The van der Waals surface area contributed by atoms with Crippen LogP contribution < -0.4 is 5.32 Å². The second-order valence-electron chi connectivity index (χ2n) is 4.53. The van der Waals surface area contributed by atoms with Crippen molar-refractivity contribution in [3.63, 3.8) is 0 Å². The zero-order valence-electron chi connectivity index (χ0n) is 10.3. The third-order valence-electron chi connectivity index (χ3n) is 2.70. The van der Waals surface area contributed by atoms with Crippen LogP contribution in [0, 0.1) is 12.8 Å². The number of hydrogen-bond donors (Lipinski definition) is 1. The fraction of sp³-hybridized carbons (Fsp3) is 0.500. The van der Waals surface area contributed by atoms with E-state index in [0.717, 1.165) is 17.0 Å². The van der Waals surface area contributed by atoms with Crippen molar-refractivity contribution in [2.24, 2.45) is 5.92 Å². The van der Waals surface area contributed by atoms with E-state index in [9.17, 15) is 0 Å². The van der Waals surface area contributed by atoms with Crippen molar-refractivity contribution in [1.29, 1.82) is 0 Å². The van der Waals surface area contributed by atoms with Crippen molar-refractivity contribution in [3.8, 4) is 0 Å². The number of fused-ring (bicyclic) bond motifs is 1. The summed E-state index contributed by atoms with van der Waals surface area (Å²) in [4.78, 5) is 4.32. The van der Waals surface area contributed by atoms with Gasteiger partial charge in [0.15, 0.2) is 5.82 Å². The molecule has 2 rings (SSSR count). The Labute approximate surface area is 106 Å². The van der Waals surface area contributed by atoms with E-state index >= 15 is 0 Å². The van der Waals surface area contributed by atoms with Crippen LogP contribution in [0.1, 0.15) is 19.5 Å². The average molecular weight is 253 g/mol. The van der Waals surface area contributed by atoms with Crippen molar-refractivity contribution < 1.29 is 0 Å². The van der Waals surface area contributed by atoms with E-state index in [-0.39, 0.29) is 5.38 Å². The summed E-state index contributed by atoms with van der Waals surface area (Å²) in [5.74, 6) is 1.27. The maximum absolute atomic E-state index is 6.21. The molecule has 1 unspecified atom stereocenters. The molecule has 0 saturated carbocycles.